The van der Waals surface area contributed by atoms with Crippen LogP contribution < -0.4 is 0 Å². The Labute approximate surface area is 123 Å². The smallest absolute Gasteiger partial charge is 0.335 e. The highest BCUT2D eigenvalue weighted by molar-refractivity contribution is 5.88. The number of carboxylic acids is 1. The predicted molar refractivity (Wildman–Crippen MR) is 77.1 cm³/mol. The summed E-state index contributed by atoms with van der Waals surface area (Å²) in [4.78, 5) is 15.4. The van der Waals surface area contributed by atoms with Crippen LogP contribution in [0.5, 0.6) is 0 Å². The molecular weight excluding hydrogens is 268 g/mol. The van der Waals surface area contributed by atoms with Crippen molar-refractivity contribution in [1.29, 1.82) is 0 Å². The number of benzene rings is 1. The van der Waals surface area contributed by atoms with Crippen LogP contribution in [0.15, 0.2) is 28.8 Å². The van der Waals surface area contributed by atoms with E-state index in [1.165, 1.54) is 12.8 Å². The third-order valence-corrected chi connectivity index (χ3v) is 4.51. The molecule has 0 atom stereocenters. The van der Waals surface area contributed by atoms with Crippen LogP contribution in [0.3, 0.4) is 0 Å². The van der Waals surface area contributed by atoms with Crippen molar-refractivity contribution in [3.05, 3.63) is 35.7 Å². The van der Waals surface area contributed by atoms with Crippen LogP contribution in [0.2, 0.25) is 0 Å². The standard InChI is InChI=1S/C16H18N2O3/c1-2-16(9-3-4-10-16)15-17-13(18-21-15)11-5-7-12(8-6-11)14(19)20/h5-8H,2-4,9-10H2,1H3,(H,19,20). The van der Waals surface area contributed by atoms with E-state index >= 15 is 0 Å². The minimum atomic E-state index is -0.939. The Morgan fingerprint density at radius 3 is 2.52 bits per heavy atom. The van der Waals surface area contributed by atoms with Gasteiger partial charge in [0.15, 0.2) is 0 Å². The van der Waals surface area contributed by atoms with Crippen LogP contribution >= 0.6 is 0 Å². The van der Waals surface area contributed by atoms with Gasteiger partial charge in [0.2, 0.25) is 11.7 Å². The summed E-state index contributed by atoms with van der Waals surface area (Å²) >= 11 is 0. The van der Waals surface area contributed by atoms with Crippen molar-refractivity contribution in [1.82, 2.24) is 10.1 Å². The van der Waals surface area contributed by atoms with E-state index in [9.17, 15) is 4.79 Å². The lowest BCUT2D eigenvalue weighted by molar-refractivity contribution is 0.0697. The summed E-state index contributed by atoms with van der Waals surface area (Å²) < 4.78 is 5.50. The van der Waals surface area contributed by atoms with Gasteiger partial charge in [0.25, 0.3) is 0 Å². The molecule has 0 saturated heterocycles. The Kier molecular flexibility index (Phi) is 3.49. The van der Waals surface area contributed by atoms with Crippen molar-refractivity contribution in [3.8, 4) is 11.4 Å². The lowest BCUT2D eigenvalue weighted by Gasteiger charge is -2.21. The summed E-state index contributed by atoms with van der Waals surface area (Å²) in [6.45, 7) is 2.16. The molecule has 0 bridgehead atoms. The van der Waals surface area contributed by atoms with E-state index in [1.807, 2.05) is 0 Å². The minimum absolute atomic E-state index is 0.0340. The van der Waals surface area contributed by atoms with Crippen LogP contribution in [-0.4, -0.2) is 21.2 Å². The molecule has 1 heterocycles. The quantitative estimate of drug-likeness (QED) is 0.928. The molecule has 0 unspecified atom stereocenters. The zero-order valence-electron chi connectivity index (χ0n) is 12.0. The van der Waals surface area contributed by atoms with Crippen molar-refractivity contribution < 1.29 is 14.4 Å². The van der Waals surface area contributed by atoms with Crippen molar-refractivity contribution in [2.24, 2.45) is 0 Å². The summed E-state index contributed by atoms with van der Waals surface area (Å²) in [5, 5.41) is 13.0. The topological polar surface area (TPSA) is 76.2 Å². The number of carboxylic acid groups (broad SMARTS) is 1. The number of aromatic carboxylic acids is 1. The summed E-state index contributed by atoms with van der Waals surface area (Å²) in [6.07, 6.45) is 5.62. The van der Waals surface area contributed by atoms with Crippen LogP contribution in [0.4, 0.5) is 0 Å². The van der Waals surface area contributed by atoms with E-state index in [0.717, 1.165) is 30.7 Å². The van der Waals surface area contributed by atoms with E-state index in [1.54, 1.807) is 24.3 Å². The first-order valence-corrected chi connectivity index (χ1v) is 7.32. The maximum atomic E-state index is 10.9. The van der Waals surface area contributed by atoms with Gasteiger partial charge in [-0.2, -0.15) is 4.98 Å². The van der Waals surface area contributed by atoms with Crippen LogP contribution in [0.1, 0.15) is 55.3 Å². The zero-order valence-corrected chi connectivity index (χ0v) is 12.0. The van der Waals surface area contributed by atoms with E-state index < -0.39 is 5.97 Å². The molecule has 110 valence electrons. The van der Waals surface area contributed by atoms with Gasteiger partial charge in [-0.15, -0.1) is 0 Å². The third-order valence-electron chi connectivity index (χ3n) is 4.51. The van der Waals surface area contributed by atoms with Gasteiger partial charge in [-0.05, 0) is 31.4 Å². The number of nitrogens with zero attached hydrogens (tertiary/aromatic N) is 2. The summed E-state index contributed by atoms with van der Waals surface area (Å²) in [5.41, 5.74) is 1.06. The van der Waals surface area contributed by atoms with Crippen molar-refractivity contribution in [2.45, 2.75) is 44.4 Å². The molecule has 5 heteroatoms. The maximum Gasteiger partial charge on any atom is 0.335 e. The number of aromatic nitrogens is 2. The molecule has 1 aliphatic rings. The first kappa shape index (κ1) is 13.8. The number of rotatable bonds is 4. The first-order chi connectivity index (χ1) is 10.1. The first-order valence-electron chi connectivity index (χ1n) is 7.32. The SMILES string of the molecule is CCC1(c2nc(-c3ccc(C(=O)O)cc3)no2)CCCC1. The lowest BCUT2D eigenvalue weighted by Crippen LogP contribution is -2.21. The molecule has 2 aromatic rings. The zero-order chi connectivity index (χ0) is 14.9. The lowest BCUT2D eigenvalue weighted by atomic mass is 9.83. The Hall–Kier alpha value is -2.17. The molecule has 1 aromatic carbocycles. The highest BCUT2D eigenvalue weighted by Crippen LogP contribution is 2.43. The molecule has 1 aromatic heterocycles. The van der Waals surface area contributed by atoms with Crippen LogP contribution in [-0.2, 0) is 5.41 Å². The molecule has 0 spiro atoms. The molecule has 1 saturated carbocycles. The average molecular weight is 286 g/mol. The van der Waals surface area contributed by atoms with Gasteiger partial charge in [0, 0.05) is 11.0 Å². The Bertz CT molecular complexity index is 640. The van der Waals surface area contributed by atoms with Gasteiger partial charge in [-0.3, -0.25) is 0 Å². The molecule has 1 fully saturated rings. The number of hydrogen-bond acceptors (Lipinski definition) is 4. The second-order valence-corrected chi connectivity index (χ2v) is 5.65. The second-order valence-electron chi connectivity index (χ2n) is 5.65. The molecule has 3 rings (SSSR count). The Balaban J connectivity index is 1.89. The van der Waals surface area contributed by atoms with E-state index in [2.05, 4.69) is 17.1 Å². The molecule has 0 aliphatic heterocycles. The maximum absolute atomic E-state index is 10.9. The normalized spacial score (nSPS) is 17.0. The molecule has 0 radical (unpaired) electrons. The van der Waals surface area contributed by atoms with Gasteiger partial charge in [0.05, 0.1) is 5.56 Å². The molecular formula is C16H18N2O3. The summed E-state index contributed by atoms with van der Waals surface area (Å²) in [6, 6.07) is 6.54. The Morgan fingerprint density at radius 2 is 1.95 bits per heavy atom. The van der Waals surface area contributed by atoms with Crippen LogP contribution in [0, 0.1) is 0 Å². The van der Waals surface area contributed by atoms with E-state index in [-0.39, 0.29) is 11.0 Å². The molecule has 1 aliphatic carbocycles. The van der Waals surface area contributed by atoms with Crippen molar-refractivity contribution >= 4 is 5.97 Å². The molecule has 5 nitrogen and oxygen atoms in total. The third kappa shape index (κ3) is 2.44. The largest absolute Gasteiger partial charge is 0.478 e. The molecule has 21 heavy (non-hydrogen) atoms. The Morgan fingerprint density at radius 1 is 1.29 bits per heavy atom. The van der Waals surface area contributed by atoms with Gasteiger partial charge in [-0.25, -0.2) is 4.79 Å². The fourth-order valence-electron chi connectivity index (χ4n) is 3.09. The average Bonchev–Trinajstić information content (AvgIpc) is 3.17. The van der Waals surface area contributed by atoms with Gasteiger partial charge < -0.3 is 9.63 Å². The van der Waals surface area contributed by atoms with E-state index in [4.69, 9.17) is 9.63 Å². The van der Waals surface area contributed by atoms with Gasteiger partial charge in [-0.1, -0.05) is 37.1 Å². The summed E-state index contributed by atoms with van der Waals surface area (Å²) in [7, 11) is 0. The van der Waals surface area contributed by atoms with Crippen LogP contribution in [0.25, 0.3) is 11.4 Å². The van der Waals surface area contributed by atoms with Gasteiger partial charge >= 0.3 is 5.97 Å². The second kappa shape index (κ2) is 5.31. The monoisotopic (exact) mass is 286 g/mol. The van der Waals surface area contributed by atoms with Crippen molar-refractivity contribution in [3.63, 3.8) is 0 Å². The fraction of sp³-hybridized carbons (Fsp3) is 0.438. The highest BCUT2D eigenvalue weighted by atomic mass is 16.5. The fourth-order valence-corrected chi connectivity index (χ4v) is 3.09. The highest BCUT2D eigenvalue weighted by Gasteiger charge is 2.39. The summed E-state index contributed by atoms with van der Waals surface area (Å²) in [5.74, 6) is 0.313. The molecule has 1 N–H and O–H groups in total. The molecule has 0 amide bonds. The minimum Gasteiger partial charge on any atom is -0.478 e. The van der Waals surface area contributed by atoms with Gasteiger partial charge in [0.1, 0.15) is 0 Å². The predicted octanol–water partition coefficient (Wildman–Crippen LogP) is 3.66. The number of carbonyl (C=O) groups is 1. The van der Waals surface area contributed by atoms with E-state index in [0.29, 0.717) is 5.82 Å². The number of hydrogen-bond donors (Lipinski definition) is 1. The van der Waals surface area contributed by atoms with Crippen molar-refractivity contribution in [2.75, 3.05) is 0 Å².